The second kappa shape index (κ2) is 9.53. The highest BCUT2D eigenvalue weighted by Crippen LogP contribution is 2.39. The summed E-state index contributed by atoms with van der Waals surface area (Å²) in [4.78, 5) is 14.7. The summed E-state index contributed by atoms with van der Waals surface area (Å²) in [5, 5.41) is 0.698. The van der Waals surface area contributed by atoms with Gasteiger partial charge in [0.25, 0.3) is 0 Å². The Morgan fingerprint density at radius 3 is 2.12 bits per heavy atom. The summed E-state index contributed by atoms with van der Waals surface area (Å²) in [5.74, 6) is -3.38. The monoisotopic (exact) mass is 521 g/mol. The number of amides is 1. The van der Waals surface area contributed by atoms with Gasteiger partial charge in [0.15, 0.2) is 0 Å². The Bertz CT molecular complexity index is 1030. The number of likely N-dealkylation sites (tertiary alicyclic amines) is 1. The lowest BCUT2D eigenvalue weighted by Crippen LogP contribution is -2.42. The van der Waals surface area contributed by atoms with Crippen molar-refractivity contribution in [2.24, 2.45) is 5.92 Å². The predicted octanol–water partition coefficient (Wildman–Crippen LogP) is 7.53. The highest BCUT2D eigenvalue weighted by atomic mass is 35.5. The molecule has 2 aliphatic rings. The minimum Gasteiger partial charge on any atom is -0.406 e. The molecule has 0 spiro atoms. The fraction of sp³-hybridized carbons (Fsp3) is 0.458. The summed E-state index contributed by atoms with van der Waals surface area (Å²) in [6.07, 6.45) is -3.65. The number of ether oxygens (including phenoxy) is 1. The predicted molar refractivity (Wildman–Crippen MR) is 119 cm³/mol. The van der Waals surface area contributed by atoms with Crippen molar-refractivity contribution in [3.63, 3.8) is 0 Å². The van der Waals surface area contributed by atoms with Crippen LogP contribution in [0.3, 0.4) is 0 Å². The van der Waals surface area contributed by atoms with E-state index in [1.807, 2.05) is 0 Å². The zero-order valence-electron chi connectivity index (χ0n) is 18.0. The molecular weight excluding hydrogens is 500 g/mol. The maximum Gasteiger partial charge on any atom is 0.573 e. The number of hydrogen-bond donors (Lipinski definition) is 0. The van der Waals surface area contributed by atoms with Gasteiger partial charge in [-0.25, -0.2) is 8.78 Å². The van der Waals surface area contributed by atoms with Crippen LogP contribution in [0.2, 0.25) is 10.0 Å². The molecule has 0 bridgehead atoms. The number of nitrogens with zero attached hydrogens (tertiary/aromatic N) is 1. The van der Waals surface area contributed by atoms with Crippen molar-refractivity contribution >= 4 is 29.1 Å². The van der Waals surface area contributed by atoms with E-state index >= 15 is 0 Å². The van der Waals surface area contributed by atoms with Crippen molar-refractivity contribution in [2.75, 3.05) is 6.54 Å². The lowest BCUT2D eigenvalue weighted by molar-refractivity contribution is -0.274. The van der Waals surface area contributed by atoms with E-state index in [9.17, 15) is 26.7 Å². The van der Waals surface area contributed by atoms with Gasteiger partial charge in [-0.05, 0) is 66.6 Å². The van der Waals surface area contributed by atoms with Crippen LogP contribution in [-0.4, -0.2) is 35.7 Å². The standard InChI is InChI=1S/C24H22Cl2F5NO2/c25-20-12-16(14-1-3-18(4-2-14)34-24(29,30)31)13-21(26)19(20)11-15-7-10-32(22(15)33)17-5-8-23(27,28)9-6-17/h1-4,12-13,15,17H,5-11H2. The summed E-state index contributed by atoms with van der Waals surface area (Å²) in [6.45, 7) is 0.527. The molecule has 1 amide bonds. The molecule has 0 aromatic heterocycles. The number of carbonyl (C=O) groups is 1. The van der Waals surface area contributed by atoms with Crippen LogP contribution in [0.25, 0.3) is 11.1 Å². The quantitative estimate of drug-likeness (QED) is 0.380. The largest absolute Gasteiger partial charge is 0.573 e. The number of halogens is 7. The molecule has 1 aliphatic heterocycles. The minimum absolute atomic E-state index is 0.0633. The Kier molecular flexibility index (Phi) is 7.02. The van der Waals surface area contributed by atoms with Gasteiger partial charge >= 0.3 is 6.36 Å². The number of hydrogen-bond acceptors (Lipinski definition) is 2. The normalized spacial score (nSPS) is 21.2. The zero-order chi connectivity index (χ0) is 24.7. The van der Waals surface area contributed by atoms with Crippen molar-refractivity contribution < 1.29 is 31.5 Å². The van der Waals surface area contributed by atoms with Crippen LogP contribution in [-0.2, 0) is 11.2 Å². The van der Waals surface area contributed by atoms with Crippen molar-refractivity contribution in [3.8, 4) is 16.9 Å². The molecule has 1 heterocycles. The maximum absolute atomic E-state index is 13.5. The van der Waals surface area contributed by atoms with Gasteiger partial charge < -0.3 is 9.64 Å². The average molecular weight is 522 g/mol. The third-order valence-corrected chi connectivity index (χ3v) is 7.17. The summed E-state index contributed by atoms with van der Waals surface area (Å²) < 4.78 is 67.9. The number of alkyl halides is 5. The Balaban J connectivity index is 1.44. The van der Waals surface area contributed by atoms with Crippen LogP contribution < -0.4 is 4.74 Å². The molecule has 0 N–H and O–H groups in total. The van der Waals surface area contributed by atoms with Crippen molar-refractivity contribution in [3.05, 3.63) is 52.0 Å². The Labute approximate surface area is 203 Å². The third-order valence-electron chi connectivity index (χ3n) is 6.49. The van der Waals surface area contributed by atoms with Crippen LogP contribution in [0.5, 0.6) is 5.75 Å². The van der Waals surface area contributed by atoms with E-state index in [4.69, 9.17) is 23.2 Å². The Morgan fingerprint density at radius 1 is 0.971 bits per heavy atom. The highest BCUT2D eigenvalue weighted by molar-refractivity contribution is 6.36. The van der Waals surface area contributed by atoms with Crippen molar-refractivity contribution in [1.82, 2.24) is 4.90 Å². The Morgan fingerprint density at radius 2 is 1.56 bits per heavy atom. The van der Waals surface area contributed by atoms with E-state index in [2.05, 4.69) is 4.74 Å². The molecule has 1 aliphatic carbocycles. The molecule has 184 valence electrons. The van der Waals surface area contributed by atoms with Crippen LogP contribution in [0, 0.1) is 5.92 Å². The molecule has 1 unspecified atom stereocenters. The van der Waals surface area contributed by atoms with Crippen molar-refractivity contribution in [1.29, 1.82) is 0 Å². The van der Waals surface area contributed by atoms with E-state index in [0.29, 0.717) is 59.0 Å². The first-order valence-electron chi connectivity index (χ1n) is 10.9. The summed E-state index contributed by atoms with van der Waals surface area (Å²) in [7, 11) is 0. The van der Waals surface area contributed by atoms with Gasteiger partial charge in [-0.1, -0.05) is 35.3 Å². The smallest absolute Gasteiger partial charge is 0.406 e. The van der Waals surface area contributed by atoms with E-state index in [-0.39, 0.29) is 36.5 Å². The lowest BCUT2D eigenvalue weighted by Gasteiger charge is -2.34. The van der Waals surface area contributed by atoms with Gasteiger partial charge in [-0.3, -0.25) is 4.79 Å². The SMILES string of the molecule is O=C1C(Cc2c(Cl)cc(-c3ccc(OC(F)(F)F)cc3)cc2Cl)CCN1C1CCC(F)(F)CC1. The van der Waals surface area contributed by atoms with Gasteiger partial charge in [0.1, 0.15) is 5.75 Å². The molecule has 1 atom stereocenters. The second-order valence-electron chi connectivity index (χ2n) is 8.80. The molecule has 1 saturated heterocycles. The second-order valence-corrected chi connectivity index (χ2v) is 9.61. The molecule has 2 fully saturated rings. The molecule has 2 aromatic carbocycles. The van der Waals surface area contributed by atoms with E-state index in [1.165, 1.54) is 24.3 Å². The van der Waals surface area contributed by atoms with Crippen LogP contribution in [0.4, 0.5) is 22.0 Å². The lowest BCUT2D eigenvalue weighted by atomic mass is 9.91. The topological polar surface area (TPSA) is 29.5 Å². The molecule has 10 heteroatoms. The maximum atomic E-state index is 13.5. The summed E-state index contributed by atoms with van der Waals surface area (Å²) >= 11 is 13.0. The van der Waals surface area contributed by atoms with Crippen LogP contribution in [0.15, 0.2) is 36.4 Å². The first-order valence-corrected chi connectivity index (χ1v) is 11.7. The molecule has 4 rings (SSSR count). The number of benzene rings is 2. The first-order chi connectivity index (χ1) is 15.9. The fourth-order valence-electron chi connectivity index (χ4n) is 4.71. The number of carbonyl (C=O) groups excluding carboxylic acids is 1. The zero-order valence-corrected chi connectivity index (χ0v) is 19.5. The van der Waals surface area contributed by atoms with E-state index in [1.54, 1.807) is 17.0 Å². The average Bonchev–Trinajstić information content (AvgIpc) is 3.10. The van der Waals surface area contributed by atoms with Gasteiger partial charge in [0.2, 0.25) is 11.8 Å². The first kappa shape index (κ1) is 25.0. The van der Waals surface area contributed by atoms with Crippen LogP contribution in [0.1, 0.15) is 37.7 Å². The van der Waals surface area contributed by atoms with Crippen molar-refractivity contribution in [2.45, 2.75) is 56.9 Å². The Hall–Kier alpha value is -2.06. The molecule has 0 radical (unpaired) electrons. The third kappa shape index (κ3) is 5.77. The van der Waals surface area contributed by atoms with Gasteiger partial charge in [-0.2, -0.15) is 0 Å². The van der Waals surface area contributed by atoms with E-state index in [0.717, 1.165) is 0 Å². The minimum atomic E-state index is -4.77. The molecular formula is C24H22Cl2F5NO2. The van der Waals surface area contributed by atoms with Gasteiger partial charge in [0.05, 0.1) is 0 Å². The van der Waals surface area contributed by atoms with Gasteiger partial charge in [0, 0.05) is 41.4 Å². The summed E-state index contributed by atoms with van der Waals surface area (Å²) in [5.41, 5.74) is 1.82. The molecule has 3 nitrogen and oxygen atoms in total. The molecule has 1 saturated carbocycles. The van der Waals surface area contributed by atoms with E-state index < -0.39 is 12.3 Å². The number of rotatable bonds is 5. The molecule has 2 aromatic rings. The highest BCUT2D eigenvalue weighted by Gasteiger charge is 2.42. The fourth-order valence-corrected chi connectivity index (χ4v) is 5.35. The molecule has 34 heavy (non-hydrogen) atoms. The summed E-state index contributed by atoms with van der Waals surface area (Å²) in [6, 6.07) is 8.49. The van der Waals surface area contributed by atoms with Crippen LogP contribution >= 0.6 is 23.2 Å². The van der Waals surface area contributed by atoms with Gasteiger partial charge in [-0.15, -0.1) is 13.2 Å².